The van der Waals surface area contributed by atoms with Crippen molar-refractivity contribution in [2.75, 3.05) is 13.3 Å². The molecule has 1 aliphatic carbocycles. The van der Waals surface area contributed by atoms with Crippen molar-refractivity contribution >= 4 is 53.0 Å². The summed E-state index contributed by atoms with van der Waals surface area (Å²) >= 11 is 3.24. The normalized spacial score (nSPS) is 15.3. The minimum Gasteiger partial charge on any atom is -0.354 e. The zero-order valence-corrected chi connectivity index (χ0v) is 13.7. The lowest BCUT2D eigenvalue weighted by atomic mass is 10.6. The SMILES string of the molecule is CN=C(NCc1nnc(SC)s1)NC1CC1.I. The lowest BCUT2D eigenvalue weighted by Gasteiger charge is -2.08. The van der Waals surface area contributed by atoms with Crippen molar-refractivity contribution in [3.8, 4) is 0 Å². The molecule has 0 aliphatic heterocycles. The van der Waals surface area contributed by atoms with E-state index in [0.29, 0.717) is 12.6 Å². The molecule has 0 unspecified atom stereocenters. The van der Waals surface area contributed by atoms with Gasteiger partial charge in [-0.2, -0.15) is 0 Å². The average molecular weight is 385 g/mol. The van der Waals surface area contributed by atoms with E-state index >= 15 is 0 Å². The zero-order valence-electron chi connectivity index (χ0n) is 9.77. The molecule has 8 heteroatoms. The zero-order chi connectivity index (χ0) is 11.4. The highest BCUT2D eigenvalue weighted by molar-refractivity contribution is 14.0. The molecule has 1 fully saturated rings. The van der Waals surface area contributed by atoms with Crippen LogP contribution in [0, 0.1) is 0 Å². The van der Waals surface area contributed by atoms with E-state index in [1.807, 2.05) is 6.26 Å². The molecule has 0 aromatic carbocycles. The molecule has 1 aromatic heterocycles. The second-order valence-corrected chi connectivity index (χ2v) is 5.63. The van der Waals surface area contributed by atoms with Gasteiger partial charge in [-0.3, -0.25) is 4.99 Å². The number of aliphatic imine (C=N–C) groups is 1. The topological polar surface area (TPSA) is 62.2 Å². The van der Waals surface area contributed by atoms with Crippen LogP contribution in [-0.4, -0.2) is 35.5 Å². The van der Waals surface area contributed by atoms with Crippen LogP contribution >= 0.6 is 47.1 Å². The number of hydrogen-bond acceptors (Lipinski definition) is 5. The quantitative estimate of drug-likeness (QED) is 0.358. The van der Waals surface area contributed by atoms with E-state index in [4.69, 9.17) is 0 Å². The molecule has 96 valence electrons. The molecule has 0 radical (unpaired) electrons. The van der Waals surface area contributed by atoms with Gasteiger partial charge in [0.05, 0.1) is 6.54 Å². The number of nitrogens with one attached hydrogen (secondary N) is 2. The molecule has 2 N–H and O–H groups in total. The third-order valence-corrected chi connectivity index (χ3v) is 4.07. The fourth-order valence-corrected chi connectivity index (χ4v) is 2.42. The monoisotopic (exact) mass is 385 g/mol. The minimum atomic E-state index is 0. The first kappa shape index (κ1) is 15.0. The minimum absolute atomic E-state index is 0. The highest BCUT2D eigenvalue weighted by Gasteiger charge is 2.22. The second kappa shape index (κ2) is 7.37. The summed E-state index contributed by atoms with van der Waals surface area (Å²) in [7, 11) is 1.78. The van der Waals surface area contributed by atoms with Crippen molar-refractivity contribution in [2.24, 2.45) is 4.99 Å². The molecule has 0 atom stereocenters. The van der Waals surface area contributed by atoms with E-state index < -0.39 is 0 Å². The van der Waals surface area contributed by atoms with Crippen molar-refractivity contribution < 1.29 is 0 Å². The van der Waals surface area contributed by atoms with Crippen LogP contribution in [0.15, 0.2) is 9.33 Å². The van der Waals surface area contributed by atoms with Crippen molar-refractivity contribution in [2.45, 2.75) is 29.8 Å². The Kier molecular flexibility index (Phi) is 6.49. The van der Waals surface area contributed by atoms with E-state index in [9.17, 15) is 0 Å². The Bertz CT molecular complexity index is 377. The largest absolute Gasteiger partial charge is 0.354 e. The van der Waals surface area contributed by atoms with Gasteiger partial charge in [-0.05, 0) is 19.1 Å². The first-order valence-corrected chi connectivity index (χ1v) is 7.19. The highest BCUT2D eigenvalue weighted by Crippen LogP contribution is 2.20. The van der Waals surface area contributed by atoms with Gasteiger partial charge < -0.3 is 10.6 Å². The predicted octanol–water partition coefficient (Wildman–Crippen LogP) is 1.71. The summed E-state index contributed by atoms with van der Waals surface area (Å²) in [6, 6.07) is 0.613. The number of rotatable bonds is 4. The Hall–Kier alpha value is -0.0900. The van der Waals surface area contributed by atoms with Crippen LogP contribution in [0.3, 0.4) is 0 Å². The summed E-state index contributed by atoms with van der Waals surface area (Å²) in [6.45, 7) is 0.685. The van der Waals surface area contributed by atoms with E-state index in [0.717, 1.165) is 15.3 Å². The van der Waals surface area contributed by atoms with Crippen LogP contribution < -0.4 is 10.6 Å². The van der Waals surface area contributed by atoms with Crippen LogP contribution in [0.2, 0.25) is 0 Å². The Labute approximate surface area is 126 Å². The standard InChI is InChI=1S/C9H15N5S2.HI/c1-10-8(12-6-3-4-6)11-5-7-13-14-9(15-2)16-7;/h6H,3-5H2,1-2H3,(H2,10,11,12);1H. The number of aromatic nitrogens is 2. The smallest absolute Gasteiger partial charge is 0.191 e. The van der Waals surface area contributed by atoms with Gasteiger partial charge in [0.25, 0.3) is 0 Å². The van der Waals surface area contributed by atoms with Crippen molar-refractivity contribution in [1.29, 1.82) is 0 Å². The Balaban J connectivity index is 0.00000144. The molecule has 5 nitrogen and oxygen atoms in total. The lowest BCUT2D eigenvalue weighted by Crippen LogP contribution is -2.38. The maximum Gasteiger partial charge on any atom is 0.191 e. The van der Waals surface area contributed by atoms with Crippen LogP contribution in [0.5, 0.6) is 0 Å². The third kappa shape index (κ3) is 4.96. The maximum atomic E-state index is 4.16. The van der Waals surface area contributed by atoms with Gasteiger partial charge in [0, 0.05) is 13.1 Å². The number of thioether (sulfide) groups is 1. The summed E-state index contributed by atoms with van der Waals surface area (Å²) < 4.78 is 1.00. The molecule has 1 aliphatic rings. The molecule has 0 saturated heterocycles. The summed E-state index contributed by atoms with van der Waals surface area (Å²) in [5, 5.41) is 15.7. The molecule has 1 heterocycles. The highest BCUT2D eigenvalue weighted by atomic mass is 127. The fraction of sp³-hybridized carbons (Fsp3) is 0.667. The number of hydrogen-bond donors (Lipinski definition) is 2. The number of guanidine groups is 1. The molecular formula is C9H16IN5S2. The van der Waals surface area contributed by atoms with E-state index in [2.05, 4.69) is 25.8 Å². The molecule has 1 aromatic rings. The van der Waals surface area contributed by atoms with Gasteiger partial charge in [-0.1, -0.05) is 23.1 Å². The van der Waals surface area contributed by atoms with Crippen molar-refractivity contribution in [3.63, 3.8) is 0 Å². The van der Waals surface area contributed by atoms with Crippen molar-refractivity contribution in [1.82, 2.24) is 20.8 Å². The van der Waals surface area contributed by atoms with E-state index in [1.54, 1.807) is 30.1 Å². The number of halogens is 1. The molecular weight excluding hydrogens is 369 g/mol. The van der Waals surface area contributed by atoms with Crippen molar-refractivity contribution in [3.05, 3.63) is 5.01 Å². The van der Waals surface area contributed by atoms with Crippen LogP contribution in [0.25, 0.3) is 0 Å². The van der Waals surface area contributed by atoms with E-state index in [1.165, 1.54) is 12.8 Å². The molecule has 1 saturated carbocycles. The average Bonchev–Trinajstić information content (AvgIpc) is 3.00. The lowest BCUT2D eigenvalue weighted by molar-refractivity contribution is 0.791. The predicted molar refractivity (Wildman–Crippen MR) is 83.5 cm³/mol. The van der Waals surface area contributed by atoms with Crippen LogP contribution in [-0.2, 0) is 6.54 Å². The molecule has 0 bridgehead atoms. The first-order chi connectivity index (χ1) is 7.81. The Morgan fingerprint density at radius 3 is 2.82 bits per heavy atom. The van der Waals surface area contributed by atoms with Gasteiger partial charge in [0.2, 0.25) is 0 Å². The van der Waals surface area contributed by atoms with Gasteiger partial charge in [-0.15, -0.1) is 34.2 Å². The summed E-state index contributed by atoms with van der Waals surface area (Å²) in [5.41, 5.74) is 0. The Morgan fingerprint density at radius 1 is 1.53 bits per heavy atom. The maximum absolute atomic E-state index is 4.16. The fourth-order valence-electron chi connectivity index (χ4n) is 1.17. The van der Waals surface area contributed by atoms with Crippen LogP contribution in [0.4, 0.5) is 0 Å². The summed E-state index contributed by atoms with van der Waals surface area (Å²) in [5.74, 6) is 0.850. The number of nitrogens with zero attached hydrogens (tertiary/aromatic N) is 3. The second-order valence-electron chi connectivity index (χ2n) is 3.51. The third-order valence-electron chi connectivity index (χ3n) is 2.17. The summed E-state index contributed by atoms with van der Waals surface area (Å²) in [6.07, 6.45) is 4.50. The summed E-state index contributed by atoms with van der Waals surface area (Å²) in [4.78, 5) is 4.16. The first-order valence-electron chi connectivity index (χ1n) is 5.15. The molecule has 0 amide bonds. The van der Waals surface area contributed by atoms with Gasteiger partial charge in [0.1, 0.15) is 5.01 Å². The van der Waals surface area contributed by atoms with E-state index in [-0.39, 0.29) is 24.0 Å². The van der Waals surface area contributed by atoms with Gasteiger partial charge in [-0.25, -0.2) is 0 Å². The molecule has 2 rings (SSSR count). The molecule has 0 spiro atoms. The van der Waals surface area contributed by atoms with Crippen LogP contribution in [0.1, 0.15) is 17.8 Å². The van der Waals surface area contributed by atoms with Gasteiger partial charge >= 0.3 is 0 Å². The molecule has 17 heavy (non-hydrogen) atoms. The Morgan fingerprint density at radius 2 is 2.29 bits per heavy atom. The van der Waals surface area contributed by atoms with Gasteiger partial charge in [0.15, 0.2) is 10.3 Å².